The maximum atomic E-state index is 11.3. The van der Waals surface area contributed by atoms with Gasteiger partial charge in [-0.05, 0) is 12.8 Å². The van der Waals surface area contributed by atoms with Crippen LogP contribution in [0.2, 0.25) is 0 Å². The first-order valence-electron chi connectivity index (χ1n) is 6.52. The summed E-state index contributed by atoms with van der Waals surface area (Å²) in [6, 6.07) is 0. The Morgan fingerprint density at radius 1 is 0.750 bits per heavy atom. The topological polar surface area (TPSA) is 134 Å². The molecule has 0 fully saturated rings. The van der Waals surface area contributed by atoms with E-state index in [0.717, 1.165) is 38.5 Å². The number of unbranched alkanes of at least 4 members (excludes halogenated alkanes) is 4. The van der Waals surface area contributed by atoms with Crippen molar-refractivity contribution in [3.8, 4) is 0 Å². The van der Waals surface area contributed by atoms with Crippen LogP contribution in [0.5, 0.6) is 0 Å². The van der Waals surface area contributed by atoms with Gasteiger partial charge in [0.1, 0.15) is 0 Å². The molecule has 20 heavy (non-hydrogen) atoms. The van der Waals surface area contributed by atoms with Gasteiger partial charge in [0.05, 0.1) is 13.2 Å². The van der Waals surface area contributed by atoms with E-state index < -0.39 is 15.6 Å². The molecule has 0 amide bonds. The molecule has 0 radical (unpaired) electrons. The summed E-state index contributed by atoms with van der Waals surface area (Å²) in [5, 5.41) is 0. The lowest BCUT2D eigenvalue weighted by molar-refractivity contribution is 0.145. The molecule has 0 aliphatic heterocycles. The number of hydrogen-bond acceptors (Lipinski definition) is 4. The van der Waals surface area contributed by atoms with E-state index >= 15 is 0 Å². The zero-order chi connectivity index (χ0) is 16.1. The van der Waals surface area contributed by atoms with Crippen molar-refractivity contribution >= 4 is 15.6 Å². The number of phosphoric ester groups is 1. The largest absolute Gasteiger partial charge is 0.472 e. The van der Waals surface area contributed by atoms with E-state index in [9.17, 15) is 9.46 Å². The fourth-order valence-corrected chi connectivity index (χ4v) is 1.90. The summed E-state index contributed by atoms with van der Waals surface area (Å²) in [7, 11) is -8.41. The molecule has 8 nitrogen and oxygen atoms in total. The second-order valence-electron chi connectivity index (χ2n) is 4.06. The van der Waals surface area contributed by atoms with E-state index in [4.69, 9.17) is 28.3 Å². The lowest BCUT2D eigenvalue weighted by Crippen LogP contribution is -1.98. The van der Waals surface area contributed by atoms with Crippen LogP contribution >= 0.6 is 15.6 Å². The van der Waals surface area contributed by atoms with Gasteiger partial charge in [-0.3, -0.25) is 9.05 Å². The highest BCUT2D eigenvalue weighted by Gasteiger charge is 2.19. The van der Waals surface area contributed by atoms with Crippen molar-refractivity contribution in [1.82, 2.24) is 0 Å². The third kappa shape index (κ3) is 26.7. The SMILES string of the molecule is CCCCCOP(=O)(O)OCCCCC.O=P(O)(O)O. The number of phosphoric acid groups is 2. The van der Waals surface area contributed by atoms with Gasteiger partial charge in [-0.2, -0.15) is 0 Å². The van der Waals surface area contributed by atoms with E-state index in [1.165, 1.54) is 0 Å². The van der Waals surface area contributed by atoms with Crippen molar-refractivity contribution in [1.29, 1.82) is 0 Å². The molecule has 0 atom stereocenters. The molecule has 0 heterocycles. The zero-order valence-electron chi connectivity index (χ0n) is 12.0. The molecule has 0 aliphatic carbocycles. The Morgan fingerprint density at radius 2 is 1.05 bits per heavy atom. The zero-order valence-corrected chi connectivity index (χ0v) is 13.8. The summed E-state index contributed by atoms with van der Waals surface area (Å²) in [4.78, 5) is 30.8. The molecule has 0 aromatic rings. The van der Waals surface area contributed by atoms with Crippen LogP contribution in [0, 0.1) is 0 Å². The van der Waals surface area contributed by atoms with E-state index in [1.807, 2.05) is 0 Å². The third-order valence-electron chi connectivity index (χ3n) is 2.00. The first-order chi connectivity index (χ1) is 9.12. The number of rotatable bonds is 10. The van der Waals surface area contributed by atoms with E-state index in [-0.39, 0.29) is 0 Å². The molecule has 0 saturated heterocycles. The van der Waals surface area contributed by atoms with Gasteiger partial charge in [-0.25, -0.2) is 9.13 Å². The summed E-state index contributed by atoms with van der Waals surface area (Å²) < 4.78 is 29.7. The van der Waals surface area contributed by atoms with Gasteiger partial charge in [0.2, 0.25) is 0 Å². The normalized spacial score (nSPS) is 11.9. The lowest BCUT2D eigenvalue weighted by Gasteiger charge is -2.11. The quantitative estimate of drug-likeness (QED) is 0.353. The van der Waals surface area contributed by atoms with Gasteiger partial charge in [-0.15, -0.1) is 0 Å². The minimum atomic E-state index is -4.64. The molecule has 0 unspecified atom stereocenters. The predicted molar refractivity (Wildman–Crippen MR) is 75.0 cm³/mol. The van der Waals surface area contributed by atoms with Crippen molar-refractivity contribution < 1.29 is 37.8 Å². The summed E-state index contributed by atoms with van der Waals surface area (Å²) in [6.07, 6.45) is 5.76. The standard InChI is InChI=1S/C10H23O4P.H3O4P/c1-3-5-7-9-13-15(11,12)14-10-8-6-4-2;1-5(2,3)4/h3-10H2,1-2H3,(H,11,12);(H3,1,2,3,4). The van der Waals surface area contributed by atoms with Gasteiger partial charge < -0.3 is 19.6 Å². The second kappa shape index (κ2) is 12.9. The van der Waals surface area contributed by atoms with Crippen LogP contribution in [0.3, 0.4) is 0 Å². The maximum Gasteiger partial charge on any atom is 0.472 e. The van der Waals surface area contributed by atoms with E-state index in [0.29, 0.717) is 13.2 Å². The van der Waals surface area contributed by atoms with Crippen molar-refractivity contribution in [2.24, 2.45) is 0 Å². The average molecular weight is 336 g/mol. The molecular formula is C10H26O8P2. The molecule has 0 saturated carbocycles. The van der Waals surface area contributed by atoms with Crippen LogP contribution in [0.15, 0.2) is 0 Å². The van der Waals surface area contributed by atoms with Crippen LogP contribution in [0.4, 0.5) is 0 Å². The van der Waals surface area contributed by atoms with Gasteiger partial charge >= 0.3 is 15.6 Å². The van der Waals surface area contributed by atoms with Crippen LogP contribution in [-0.4, -0.2) is 32.8 Å². The maximum absolute atomic E-state index is 11.3. The molecule has 0 spiro atoms. The predicted octanol–water partition coefficient (Wildman–Crippen LogP) is 2.57. The smallest absolute Gasteiger partial charge is 0.303 e. The minimum Gasteiger partial charge on any atom is -0.303 e. The molecule has 0 bridgehead atoms. The Kier molecular flexibility index (Phi) is 14.5. The van der Waals surface area contributed by atoms with Crippen LogP contribution in [0.1, 0.15) is 52.4 Å². The summed E-state index contributed by atoms with van der Waals surface area (Å²) in [5.74, 6) is 0. The molecule has 4 N–H and O–H groups in total. The Labute approximate surface area is 120 Å². The highest BCUT2D eigenvalue weighted by molar-refractivity contribution is 7.47. The first kappa shape index (κ1) is 22.5. The fraction of sp³-hybridized carbons (Fsp3) is 1.00. The van der Waals surface area contributed by atoms with Crippen LogP contribution in [0.25, 0.3) is 0 Å². The molecule has 0 aliphatic rings. The highest BCUT2D eigenvalue weighted by Crippen LogP contribution is 2.43. The molecule has 124 valence electrons. The van der Waals surface area contributed by atoms with Crippen LogP contribution < -0.4 is 0 Å². The summed E-state index contributed by atoms with van der Waals surface area (Å²) in [6.45, 7) is 4.74. The molecule has 10 heteroatoms. The third-order valence-corrected chi connectivity index (χ3v) is 3.02. The van der Waals surface area contributed by atoms with Gasteiger partial charge in [-0.1, -0.05) is 39.5 Å². The molecular weight excluding hydrogens is 310 g/mol. The first-order valence-corrected chi connectivity index (χ1v) is 9.58. The highest BCUT2D eigenvalue weighted by atomic mass is 31.2. The monoisotopic (exact) mass is 336 g/mol. The van der Waals surface area contributed by atoms with Crippen molar-refractivity contribution in [2.45, 2.75) is 52.4 Å². The van der Waals surface area contributed by atoms with Gasteiger partial charge in [0, 0.05) is 0 Å². The summed E-state index contributed by atoms with van der Waals surface area (Å²) in [5.41, 5.74) is 0. The van der Waals surface area contributed by atoms with Crippen molar-refractivity contribution in [3.63, 3.8) is 0 Å². The van der Waals surface area contributed by atoms with Crippen LogP contribution in [-0.2, 0) is 18.2 Å². The number of hydrogen-bond donors (Lipinski definition) is 4. The Bertz CT molecular complexity index is 279. The molecule has 0 aromatic heterocycles. The molecule has 0 aromatic carbocycles. The minimum absolute atomic E-state index is 0.301. The van der Waals surface area contributed by atoms with E-state index in [2.05, 4.69) is 13.8 Å². The fourth-order valence-electron chi connectivity index (χ4n) is 1.10. The summed E-state index contributed by atoms with van der Waals surface area (Å²) >= 11 is 0. The second-order valence-corrected chi connectivity index (χ2v) is 6.54. The molecule has 0 rings (SSSR count). The Balaban J connectivity index is 0. The van der Waals surface area contributed by atoms with Crippen molar-refractivity contribution in [2.75, 3.05) is 13.2 Å². The Hall–Kier alpha value is 0.220. The Morgan fingerprint density at radius 3 is 1.30 bits per heavy atom. The van der Waals surface area contributed by atoms with E-state index in [1.54, 1.807) is 0 Å². The van der Waals surface area contributed by atoms with Gasteiger partial charge in [0.15, 0.2) is 0 Å². The van der Waals surface area contributed by atoms with Gasteiger partial charge in [0.25, 0.3) is 0 Å². The lowest BCUT2D eigenvalue weighted by atomic mass is 10.3. The average Bonchev–Trinajstić information content (AvgIpc) is 2.28. The van der Waals surface area contributed by atoms with Crippen molar-refractivity contribution in [3.05, 3.63) is 0 Å².